The summed E-state index contributed by atoms with van der Waals surface area (Å²) in [5.74, 6) is -4.34. The third-order valence-corrected chi connectivity index (χ3v) is 6.94. The van der Waals surface area contributed by atoms with E-state index in [1.54, 1.807) is 6.20 Å². The first kappa shape index (κ1) is 31.2. The lowest BCUT2D eigenvalue weighted by Gasteiger charge is -2.25. The summed E-state index contributed by atoms with van der Waals surface area (Å²) >= 11 is 1.42. The van der Waals surface area contributed by atoms with Crippen molar-refractivity contribution in [3.8, 4) is 0 Å². The van der Waals surface area contributed by atoms with Crippen molar-refractivity contribution in [3.63, 3.8) is 0 Å². The largest absolute Gasteiger partial charge is 0.481 e. The number of aliphatic carboxylic acids is 2. The Morgan fingerprint density at radius 2 is 1.63 bits per heavy atom. The van der Waals surface area contributed by atoms with Crippen LogP contribution in [0.1, 0.15) is 24.1 Å². The van der Waals surface area contributed by atoms with E-state index in [-0.39, 0.29) is 19.3 Å². The molecule has 14 nitrogen and oxygen atoms in total. The summed E-state index contributed by atoms with van der Waals surface area (Å²) in [7, 11) is 0. The van der Waals surface area contributed by atoms with Crippen LogP contribution in [0, 0.1) is 0 Å². The molecule has 4 unspecified atom stereocenters. The molecule has 3 amide bonds. The fourth-order valence-electron chi connectivity index (χ4n) is 4.15. The first-order chi connectivity index (χ1) is 19.6. The molecule has 0 aliphatic carbocycles. The number of nitrogens with one attached hydrogen (secondary N) is 5. The van der Waals surface area contributed by atoms with E-state index in [4.69, 9.17) is 10.8 Å². The number of aromatic amines is 2. The average molecular weight is 588 g/mol. The predicted octanol–water partition coefficient (Wildman–Crippen LogP) is -0.230. The Morgan fingerprint density at radius 1 is 0.951 bits per heavy atom. The zero-order valence-corrected chi connectivity index (χ0v) is 23.1. The Kier molecular flexibility index (Phi) is 11.3. The van der Waals surface area contributed by atoms with Gasteiger partial charge in [-0.15, -0.1) is 0 Å². The maximum atomic E-state index is 13.5. The molecular weight excluding hydrogens is 554 g/mol. The number of amides is 3. The molecule has 0 aliphatic heterocycles. The smallest absolute Gasteiger partial charge is 0.326 e. The SMILES string of the molecule is CSCCC(NC(=O)C(N)CC(=O)O)C(=O)NC(Cc1c[nH]c2ccccc12)C(=O)NC(Cc1cnc[nH]1)C(=O)O. The second-order valence-corrected chi connectivity index (χ2v) is 10.3. The normalized spacial score (nSPS) is 14.0. The molecule has 0 radical (unpaired) electrons. The third-order valence-electron chi connectivity index (χ3n) is 6.30. The van der Waals surface area contributed by atoms with Crippen molar-refractivity contribution in [2.75, 3.05) is 12.0 Å². The van der Waals surface area contributed by atoms with Gasteiger partial charge in [-0.2, -0.15) is 11.8 Å². The molecule has 0 aliphatic rings. The zero-order chi connectivity index (χ0) is 29.9. The zero-order valence-electron chi connectivity index (χ0n) is 22.3. The van der Waals surface area contributed by atoms with Crippen LogP contribution in [0.15, 0.2) is 43.0 Å². The maximum absolute atomic E-state index is 13.5. The van der Waals surface area contributed by atoms with Crippen LogP contribution in [0.5, 0.6) is 0 Å². The number of nitrogens with two attached hydrogens (primary N) is 1. The number of carbonyl (C=O) groups is 5. The van der Waals surface area contributed by atoms with E-state index in [1.807, 2.05) is 30.5 Å². The van der Waals surface area contributed by atoms with Gasteiger partial charge in [0.25, 0.3) is 0 Å². The van der Waals surface area contributed by atoms with Crippen molar-refractivity contribution in [2.24, 2.45) is 5.73 Å². The molecule has 3 rings (SSSR count). The van der Waals surface area contributed by atoms with Crippen LogP contribution >= 0.6 is 11.8 Å². The molecule has 0 bridgehead atoms. The van der Waals surface area contributed by atoms with Gasteiger partial charge in [-0.25, -0.2) is 9.78 Å². The van der Waals surface area contributed by atoms with Gasteiger partial charge in [0.15, 0.2) is 0 Å². The minimum absolute atomic E-state index is 0.0136. The van der Waals surface area contributed by atoms with E-state index in [2.05, 4.69) is 30.9 Å². The molecule has 2 heterocycles. The van der Waals surface area contributed by atoms with Gasteiger partial charge in [-0.05, 0) is 30.1 Å². The van der Waals surface area contributed by atoms with E-state index in [0.717, 1.165) is 10.9 Å². The van der Waals surface area contributed by atoms with Crippen molar-refractivity contribution in [1.29, 1.82) is 0 Å². The van der Waals surface area contributed by atoms with Crippen LogP contribution in [-0.2, 0) is 36.8 Å². The first-order valence-electron chi connectivity index (χ1n) is 12.7. The van der Waals surface area contributed by atoms with Gasteiger partial charge < -0.3 is 41.9 Å². The standard InChI is InChI=1S/C26H33N7O7S/c1-41-7-6-19(31-23(36)17(27)10-22(34)35)24(37)32-20(8-14-11-29-18-5-3-2-4-16(14)18)25(38)33-21(26(39)40)9-15-12-28-13-30-15/h2-5,11-13,17,19-21,29H,6-10,27H2,1H3,(H,28,30)(H,31,36)(H,32,37)(H,33,38)(H,34,35)(H,39,40). The van der Waals surface area contributed by atoms with Crippen LogP contribution in [0.3, 0.4) is 0 Å². The number of hydrogen-bond acceptors (Lipinski definition) is 8. The minimum atomic E-state index is -1.37. The quantitative estimate of drug-likeness (QED) is 0.110. The van der Waals surface area contributed by atoms with Crippen molar-refractivity contribution in [1.82, 2.24) is 30.9 Å². The fourth-order valence-corrected chi connectivity index (χ4v) is 4.63. The molecule has 0 spiro atoms. The van der Waals surface area contributed by atoms with Gasteiger partial charge in [0.1, 0.15) is 18.1 Å². The van der Waals surface area contributed by atoms with Crippen LogP contribution < -0.4 is 21.7 Å². The summed E-state index contributed by atoms with van der Waals surface area (Å²) < 4.78 is 0. The van der Waals surface area contributed by atoms with Crippen LogP contribution in [-0.4, -0.2) is 91.0 Å². The maximum Gasteiger partial charge on any atom is 0.326 e. The Morgan fingerprint density at radius 3 is 2.29 bits per heavy atom. The highest BCUT2D eigenvalue weighted by Crippen LogP contribution is 2.19. The summed E-state index contributed by atoms with van der Waals surface area (Å²) in [6.45, 7) is 0. The van der Waals surface area contributed by atoms with Gasteiger partial charge in [0, 0.05) is 41.8 Å². The second kappa shape index (κ2) is 14.9. The molecule has 41 heavy (non-hydrogen) atoms. The summed E-state index contributed by atoms with van der Waals surface area (Å²) in [4.78, 5) is 72.1. The number of rotatable bonds is 16. The lowest BCUT2D eigenvalue weighted by molar-refractivity contribution is -0.142. The van der Waals surface area contributed by atoms with Crippen molar-refractivity contribution in [3.05, 3.63) is 54.2 Å². The van der Waals surface area contributed by atoms with Gasteiger partial charge in [0.05, 0.1) is 18.8 Å². The number of thioether (sulfide) groups is 1. The topological polar surface area (TPSA) is 232 Å². The molecular formula is C26H33N7O7S. The number of para-hydroxylation sites is 1. The lowest BCUT2D eigenvalue weighted by atomic mass is 10.0. The number of carbonyl (C=O) groups excluding carboxylic acids is 3. The minimum Gasteiger partial charge on any atom is -0.481 e. The number of hydrogen-bond donors (Lipinski definition) is 8. The Balaban J connectivity index is 1.84. The molecule has 9 N–H and O–H groups in total. The molecule has 3 aromatic rings. The lowest BCUT2D eigenvalue weighted by Crippen LogP contribution is -2.58. The number of aromatic nitrogens is 3. The molecule has 0 saturated heterocycles. The van der Waals surface area contributed by atoms with E-state index in [1.165, 1.54) is 24.3 Å². The molecule has 220 valence electrons. The number of carboxylic acid groups (broad SMARTS) is 2. The third kappa shape index (κ3) is 9.08. The molecule has 0 saturated carbocycles. The molecule has 2 aromatic heterocycles. The van der Waals surface area contributed by atoms with Crippen molar-refractivity contribution < 1.29 is 34.2 Å². The van der Waals surface area contributed by atoms with E-state index >= 15 is 0 Å². The number of benzene rings is 1. The second-order valence-electron chi connectivity index (χ2n) is 9.35. The van der Waals surface area contributed by atoms with Gasteiger partial charge in [-0.1, -0.05) is 18.2 Å². The summed E-state index contributed by atoms with van der Waals surface area (Å²) in [6, 6.07) is 2.35. The molecule has 0 fully saturated rings. The number of carboxylic acids is 2. The Hall–Kier alpha value is -4.37. The Labute approximate surface area is 239 Å². The van der Waals surface area contributed by atoms with E-state index in [0.29, 0.717) is 17.0 Å². The number of nitrogens with zero attached hydrogens (tertiary/aromatic N) is 1. The van der Waals surface area contributed by atoms with Crippen LogP contribution in [0.25, 0.3) is 10.9 Å². The van der Waals surface area contributed by atoms with Gasteiger partial charge >= 0.3 is 11.9 Å². The number of fused-ring (bicyclic) bond motifs is 1. The first-order valence-corrected chi connectivity index (χ1v) is 14.1. The highest BCUT2D eigenvalue weighted by Gasteiger charge is 2.31. The summed E-state index contributed by atoms with van der Waals surface area (Å²) in [5.41, 5.74) is 7.68. The van der Waals surface area contributed by atoms with Crippen LogP contribution in [0.2, 0.25) is 0 Å². The average Bonchev–Trinajstić information content (AvgIpc) is 3.59. The number of imidazole rings is 1. The van der Waals surface area contributed by atoms with Crippen molar-refractivity contribution in [2.45, 2.75) is 49.9 Å². The number of H-pyrrole nitrogens is 2. The highest BCUT2D eigenvalue weighted by atomic mass is 32.2. The fraction of sp³-hybridized carbons (Fsp3) is 0.385. The molecule has 4 atom stereocenters. The molecule has 1 aromatic carbocycles. The summed E-state index contributed by atoms with van der Waals surface area (Å²) in [6.07, 6.45) is 5.85. The Bertz CT molecular complexity index is 1360. The van der Waals surface area contributed by atoms with Crippen LogP contribution in [0.4, 0.5) is 0 Å². The van der Waals surface area contributed by atoms with E-state index < -0.39 is 60.2 Å². The van der Waals surface area contributed by atoms with Gasteiger partial charge in [0.2, 0.25) is 17.7 Å². The van der Waals surface area contributed by atoms with Gasteiger partial charge in [-0.3, -0.25) is 19.2 Å². The highest BCUT2D eigenvalue weighted by molar-refractivity contribution is 7.98. The molecule has 15 heteroatoms. The van der Waals surface area contributed by atoms with E-state index in [9.17, 15) is 29.1 Å². The monoisotopic (exact) mass is 587 g/mol. The predicted molar refractivity (Wildman–Crippen MR) is 151 cm³/mol. The van der Waals surface area contributed by atoms with Crippen molar-refractivity contribution >= 4 is 52.3 Å². The summed E-state index contributed by atoms with van der Waals surface area (Å²) in [5, 5.41) is 27.1.